The molecule has 2 amide bonds. The predicted molar refractivity (Wildman–Crippen MR) is 138 cm³/mol. The number of rotatable bonds is 12. The molecule has 0 unspecified atom stereocenters. The molecule has 3 aromatic carbocycles. The number of para-hydroxylation sites is 1. The van der Waals surface area contributed by atoms with Gasteiger partial charge < -0.3 is 20.1 Å². The van der Waals surface area contributed by atoms with Gasteiger partial charge in [0.05, 0.1) is 16.2 Å². The van der Waals surface area contributed by atoms with Gasteiger partial charge in [0.2, 0.25) is 0 Å². The lowest BCUT2D eigenvalue weighted by molar-refractivity contribution is -0.274. The van der Waals surface area contributed by atoms with Crippen molar-refractivity contribution in [3.63, 3.8) is 0 Å². The molecule has 214 valence electrons. The molecule has 2 N–H and O–H groups in total. The zero-order valence-electron chi connectivity index (χ0n) is 21.3. The topological polar surface area (TPSA) is 111 Å². The Bertz CT molecular complexity index is 1440. The Labute approximate surface area is 228 Å². The average molecular weight is 583 g/mol. The minimum absolute atomic E-state index is 0.0285. The molecule has 0 radical (unpaired) electrons. The van der Waals surface area contributed by atoms with Crippen LogP contribution in [-0.2, 0) is 22.9 Å². The van der Waals surface area contributed by atoms with Crippen molar-refractivity contribution >= 4 is 21.7 Å². The third-order valence-corrected chi connectivity index (χ3v) is 7.32. The SMILES string of the molecule is CCS(=O)(=O)c1ccc(CNC(=O)c2ccc(OCCF)c(C(=O)NCc3ccccc3OC(F)(F)F)c2)cc1. The number of nitrogens with one attached hydrogen (secondary N) is 2. The van der Waals surface area contributed by atoms with Crippen LogP contribution in [0.4, 0.5) is 17.6 Å². The Morgan fingerprint density at radius 2 is 1.55 bits per heavy atom. The van der Waals surface area contributed by atoms with E-state index in [1.807, 2.05) is 0 Å². The number of sulfone groups is 1. The van der Waals surface area contributed by atoms with Crippen molar-refractivity contribution in [1.82, 2.24) is 10.6 Å². The summed E-state index contributed by atoms with van der Waals surface area (Å²) in [5.41, 5.74) is 0.600. The summed E-state index contributed by atoms with van der Waals surface area (Å²) in [4.78, 5) is 25.9. The van der Waals surface area contributed by atoms with Gasteiger partial charge in [0.15, 0.2) is 9.84 Å². The Balaban J connectivity index is 1.74. The lowest BCUT2D eigenvalue weighted by atomic mass is 10.1. The zero-order chi connectivity index (χ0) is 29.3. The van der Waals surface area contributed by atoms with Crippen LogP contribution in [0.1, 0.15) is 38.8 Å². The fourth-order valence-electron chi connectivity index (χ4n) is 3.53. The van der Waals surface area contributed by atoms with Crippen molar-refractivity contribution in [2.24, 2.45) is 0 Å². The molecule has 0 heterocycles. The first-order chi connectivity index (χ1) is 18.9. The molecule has 13 heteroatoms. The number of carbonyl (C=O) groups is 2. The number of halogens is 4. The summed E-state index contributed by atoms with van der Waals surface area (Å²) < 4.78 is 84.0. The highest BCUT2D eigenvalue weighted by molar-refractivity contribution is 7.91. The van der Waals surface area contributed by atoms with Crippen molar-refractivity contribution in [3.05, 3.63) is 89.0 Å². The fraction of sp³-hybridized carbons (Fsp3) is 0.259. The number of benzene rings is 3. The Morgan fingerprint density at radius 3 is 2.20 bits per heavy atom. The van der Waals surface area contributed by atoms with Crippen LogP contribution >= 0.6 is 0 Å². The Hall–Kier alpha value is -4.13. The molecule has 3 rings (SSSR count). The van der Waals surface area contributed by atoms with Gasteiger partial charge in [0, 0.05) is 24.2 Å². The van der Waals surface area contributed by atoms with Crippen LogP contribution in [-0.4, -0.2) is 45.6 Å². The summed E-state index contributed by atoms with van der Waals surface area (Å²) in [5, 5.41) is 5.12. The van der Waals surface area contributed by atoms with E-state index in [4.69, 9.17) is 4.74 Å². The first-order valence-corrected chi connectivity index (χ1v) is 13.6. The van der Waals surface area contributed by atoms with Crippen LogP contribution in [0, 0.1) is 0 Å². The summed E-state index contributed by atoms with van der Waals surface area (Å²) in [6.45, 7) is 0.0471. The highest BCUT2D eigenvalue weighted by atomic mass is 32.2. The number of carbonyl (C=O) groups excluding carboxylic acids is 2. The largest absolute Gasteiger partial charge is 0.573 e. The summed E-state index contributed by atoms with van der Waals surface area (Å²) in [6, 6.07) is 15.2. The lowest BCUT2D eigenvalue weighted by Crippen LogP contribution is -2.26. The smallest absolute Gasteiger partial charge is 0.490 e. The maximum Gasteiger partial charge on any atom is 0.573 e. The molecular formula is C27H26F4N2O6S. The minimum atomic E-state index is -4.93. The van der Waals surface area contributed by atoms with E-state index >= 15 is 0 Å². The van der Waals surface area contributed by atoms with Crippen molar-refractivity contribution in [2.75, 3.05) is 19.0 Å². The molecule has 0 spiro atoms. The molecule has 8 nitrogen and oxygen atoms in total. The summed E-state index contributed by atoms with van der Waals surface area (Å²) in [6.07, 6.45) is -4.93. The van der Waals surface area contributed by atoms with Crippen LogP contribution in [0.2, 0.25) is 0 Å². The number of hydrogen-bond donors (Lipinski definition) is 2. The van der Waals surface area contributed by atoms with Crippen molar-refractivity contribution in [3.8, 4) is 11.5 Å². The van der Waals surface area contributed by atoms with Gasteiger partial charge in [-0.05, 0) is 42.0 Å². The van der Waals surface area contributed by atoms with Gasteiger partial charge in [-0.1, -0.05) is 37.3 Å². The van der Waals surface area contributed by atoms with Gasteiger partial charge in [0.25, 0.3) is 11.8 Å². The second-order valence-electron chi connectivity index (χ2n) is 8.32. The molecule has 0 aliphatic heterocycles. The van der Waals surface area contributed by atoms with E-state index < -0.39 is 40.4 Å². The second-order valence-corrected chi connectivity index (χ2v) is 10.6. The summed E-state index contributed by atoms with van der Waals surface area (Å²) in [5.74, 6) is -1.91. The second kappa shape index (κ2) is 13.3. The van der Waals surface area contributed by atoms with Crippen molar-refractivity contribution < 1.29 is 45.0 Å². The van der Waals surface area contributed by atoms with Crippen LogP contribution in [0.25, 0.3) is 0 Å². The van der Waals surface area contributed by atoms with Gasteiger partial charge in [-0.15, -0.1) is 13.2 Å². The molecule has 3 aromatic rings. The monoisotopic (exact) mass is 582 g/mol. The third-order valence-electron chi connectivity index (χ3n) is 5.57. The van der Waals surface area contributed by atoms with E-state index in [0.29, 0.717) is 5.56 Å². The maximum atomic E-state index is 13.0. The van der Waals surface area contributed by atoms with Gasteiger partial charge in [0.1, 0.15) is 24.8 Å². The molecule has 0 fully saturated rings. The van der Waals surface area contributed by atoms with Crippen LogP contribution < -0.4 is 20.1 Å². The first-order valence-electron chi connectivity index (χ1n) is 12.0. The molecular weight excluding hydrogens is 556 g/mol. The quantitative estimate of drug-likeness (QED) is 0.303. The highest BCUT2D eigenvalue weighted by Crippen LogP contribution is 2.27. The predicted octanol–water partition coefficient (Wildman–Crippen LogP) is 4.59. The fourth-order valence-corrected chi connectivity index (χ4v) is 4.42. The van der Waals surface area contributed by atoms with Crippen molar-refractivity contribution in [1.29, 1.82) is 0 Å². The average Bonchev–Trinajstić information content (AvgIpc) is 2.93. The number of alkyl halides is 4. The third kappa shape index (κ3) is 8.43. The van der Waals surface area contributed by atoms with Crippen LogP contribution in [0.5, 0.6) is 11.5 Å². The molecule has 0 saturated carbocycles. The van der Waals surface area contributed by atoms with Crippen LogP contribution in [0.15, 0.2) is 71.6 Å². The minimum Gasteiger partial charge on any atom is -0.490 e. The van der Waals surface area contributed by atoms with E-state index in [1.165, 1.54) is 55.5 Å². The van der Waals surface area contributed by atoms with E-state index in [-0.39, 0.29) is 52.8 Å². The van der Waals surface area contributed by atoms with Crippen LogP contribution in [0.3, 0.4) is 0 Å². The van der Waals surface area contributed by atoms with E-state index in [9.17, 15) is 35.6 Å². The van der Waals surface area contributed by atoms with Gasteiger partial charge in [-0.2, -0.15) is 0 Å². The molecule has 0 saturated heterocycles. The molecule has 40 heavy (non-hydrogen) atoms. The highest BCUT2D eigenvalue weighted by Gasteiger charge is 2.32. The normalized spacial score (nSPS) is 11.5. The van der Waals surface area contributed by atoms with E-state index in [1.54, 1.807) is 12.1 Å². The summed E-state index contributed by atoms with van der Waals surface area (Å²) in [7, 11) is -3.36. The maximum absolute atomic E-state index is 13.0. The molecule has 0 aromatic heterocycles. The Morgan fingerprint density at radius 1 is 0.875 bits per heavy atom. The Kier molecular flexibility index (Phi) is 10.1. The van der Waals surface area contributed by atoms with Gasteiger partial charge >= 0.3 is 6.36 Å². The number of amides is 2. The van der Waals surface area contributed by atoms with Gasteiger partial charge in [-0.3, -0.25) is 9.59 Å². The molecule has 0 aliphatic rings. The van der Waals surface area contributed by atoms with Crippen molar-refractivity contribution in [2.45, 2.75) is 31.3 Å². The van der Waals surface area contributed by atoms with E-state index in [2.05, 4.69) is 15.4 Å². The lowest BCUT2D eigenvalue weighted by Gasteiger charge is -2.15. The molecule has 0 aliphatic carbocycles. The standard InChI is InChI=1S/C27H26F4N2O6S/c1-2-40(36,37)21-10-7-18(8-11-21)16-32-25(34)19-9-12-24(38-14-13-28)22(15-19)26(35)33-17-20-5-3-4-6-23(20)39-27(29,30)31/h3-12,15H,2,13-14,16-17H2,1H3,(H,32,34)(H,33,35). The van der Waals surface area contributed by atoms with Gasteiger partial charge in [-0.25, -0.2) is 12.8 Å². The van der Waals surface area contributed by atoms with E-state index in [0.717, 1.165) is 6.07 Å². The number of ether oxygens (including phenoxy) is 2. The molecule has 0 bridgehead atoms. The first kappa shape index (κ1) is 30.4. The summed E-state index contributed by atoms with van der Waals surface area (Å²) >= 11 is 0. The number of hydrogen-bond acceptors (Lipinski definition) is 6. The zero-order valence-corrected chi connectivity index (χ0v) is 22.1. The molecule has 0 atom stereocenters.